The molecule has 0 fully saturated rings. The zero-order valence-corrected chi connectivity index (χ0v) is 12.1. The maximum Gasteiger partial charge on any atom is 0.419 e. The molecular formula is C17H10F3NO3. The van der Waals surface area contributed by atoms with Crippen LogP contribution in [0.3, 0.4) is 0 Å². The van der Waals surface area contributed by atoms with Gasteiger partial charge in [-0.3, -0.25) is 0 Å². The molecule has 0 spiro atoms. The first-order valence-electron chi connectivity index (χ1n) is 6.85. The predicted molar refractivity (Wildman–Crippen MR) is 78.3 cm³/mol. The van der Waals surface area contributed by atoms with Gasteiger partial charge in [-0.05, 0) is 18.2 Å². The van der Waals surface area contributed by atoms with Crippen LogP contribution in [0.4, 0.5) is 13.2 Å². The Bertz CT molecular complexity index is 858. The summed E-state index contributed by atoms with van der Waals surface area (Å²) in [6, 6.07) is 12.4. The molecule has 0 amide bonds. The van der Waals surface area contributed by atoms with Crippen LogP contribution in [0, 0.1) is 0 Å². The molecule has 0 saturated heterocycles. The Labute approximate surface area is 134 Å². The number of halogens is 3. The molecule has 24 heavy (non-hydrogen) atoms. The molecule has 2 aromatic carbocycles. The van der Waals surface area contributed by atoms with Gasteiger partial charge in [0.05, 0.1) is 11.1 Å². The van der Waals surface area contributed by atoms with Crippen molar-refractivity contribution in [2.24, 2.45) is 0 Å². The molecule has 0 aliphatic rings. The lowest BCUT2D eigenvalue weighted by Gasteiger charge is -2.13. The first-order chi connectivity index (χ1) is 11.5. The van der Waals surface area contributed by atoms with Crippen molar-refractivity contribution in [2.75, 3.05) is 0 Å². The molecule has 0 saturated carbocycles. The van der Waals surface area contributed by atoms with E-state index in [1.54, 1.807) is 18.2 Å². The van der Waals surface area contributed by atoms with Gasteiger partial charge in [-0.15, -0.1) is 0 Å². The SMILES string of the molecule is O=C(Oc1ccccc1C(F)(F)F)c1ccccc1-c1ccon1. The van der Waals surface area contributed by atoms with Gasteiger partial charge >= 0.3 is 12.1 Å². The summed E-state index contributed by atoms with van der Waals surface area (Å²) in [5.41, 5.74) is -0.145. The number of alkyl halides is 3. The highest BCUT2D eigenvalue weighted by atomic mass is 19.4. The highest BCUT2D eigenvalue weighted by molar-refractivity contribution is 5.98. The lowest BCUT2D eigenvalue weighted by atomic mass is 10.0. The van der Waals surface area contributed by atoms with Gasteiger partial charge in [0.2, 0.25) is 0 Å². The summed E-state index contributed by atoms with van der Waals surface area (Å²) in [5.74, 6) is -1.46. The number of benzene rings is 2. The first-order valence-corrected chi connectivity index (χ1v) is 6.85. The average molecular weight is 333 g/mol. The van der Waals surface area contributed by atoms with Gasteiger partial charge in [0.25, 0.3) is 0 Å². The summed E-state index contributed by atoms with van der Waals surface area (Å²) in [6.07, 6.45) is -3.29. The Morgan fingerprint density at radius 1 is 1.00 bits per heavy atom. The van der Waals surface area contributed by atoms with Crippen LogP contribution in [0.1, 0.15) is 15.9 Å². The third kappa shape index (κ3) is 3.15. The van der Waals surface area contributed by atoms with Crippen molar-refractivity contribution in [1.82, 2.24) is 5.16 Å². The summed E-state index contributed by atoms with van der Waals surface area (Å²) in [6.45, 7) is 0. The van der Waals surface area contributed by atoms with Gasteiger partial charge in [0.15, 0.2) is 0 Å². The predicted octanol–water partition coefficient (Wildman–Crippen LogP) is 4.58. The van der Waals surface area contributed by atoms with Crippen LogP contribution in [0.5, 0.6) is 5.75 Å². The van der Waals surface area contributed by atoms with Crippen molar-refractivity contribution in [2.45, 2.75) is 6.18 Å². The minimum atomic E-state index is -4.62. The van der Waals surface area contributed by atoms with Crippen LogP contribution < -0.4 is 4.74 Å². The Morgan fingerprint density at radius 3 is 2.42 bits per heavy atom. The zero-order chi connectivity index (χ0) is 17.2. The minimum absolute atomic E-state index is 0.0865. The Balaban J connectivity index is 1.96. The number of esters is 1. The number of aromatic nitrogens is 1. The van der Waals surface area contributed by atoms with E-state index >= 15 is 0 Å². The lowest BCUT2D eigenvalue weighted by molar-refractivity contribution is -0.138. The molecule has 0 aliphatic carbocycles. The van der Waals surface area contributed by atoms with Crippen LogP contribution in [0.25, 0.3) is 11.3 Å². The van der Waals surface area contributed by atoms with Gasteiger partial charge < -0.3 is 9.26 Å². The highest BCUT2D eigenvalue weighted by Crippen LogP contribution is 2.36. The minimum Gasteiger partial charge on any atom is -0.422 e. The number of nitrogens with zero attached hydrogens (tertiary/aromatic N) is 1. The number of rotatable bonds is 3. The number of carbonyl (C=O) groups is 1. The van der Waals surface area contributed by atoms with E-state index in [0.29, 0.717) is 11.3 Å². The fourth-order valence-electron chi connectivity index (χ4n) is 2.18. The van der Waals surface area contributed by atoms with E-state index < -0.39 is 23.5 Å². The molecule has 1 heterocycles. The topological polar surface area (TPSA) is 52.3 Å². The lowest BCUT2D eigenvalue weighted by Crippen LogP contribution is -2.14. The Hall–Kier alpha value is -3.09. The fraction of sp³-hybridized carbons (Fsp3) is 0.0588. The summed E-state index contributed by atoms with van der Waals surface area (Å²) < 4.78 is 48.7. The second kappa shape index (κ2) is 6.19. The van der Waals surface area contributed by atoms with Crippen molar-refractivity contribution < 1.29 is 27.2 Å². The number of ether oxygens (including phenoxy) is 1. The van der Waals surface area contributed by atoms with Crippen molar-refractivity contribution in [3.63, 3.8) is 0 Å². The van der Waals surface area contributed by atoms with E-state index in [1.165, 1.54) is 30.5 Å². The van der Waals surface area contributed by atoms with E-state index in [-0.39, 0.29) is 5.56 Å². The highest BCUT2D eigenvalue weighted by Gasteiger charge is 2.34. The van der Waals surface area contributed by atoms with Gasteiger partial charge in [-0.2, -0.15) is 13.2 Å². The number of hydrogen-bond acceptors (Lipinski definition) is 4. The molecular weight excluding hydrogens is 323 g/mol. The maximum atomic E-state index is 13.0. The van der Waals surface area contributed by atoms with Crippen LogP contribution in [0.2, 0.25) is 0 Å². The number of hydrogen-bond donors (Lipinski definition) is 0. The maximum absolute atomic E-state index is 13.0. The monoisotopic (exact) mass is 333 g/mol. The van der Waals surface area contributed by atoms with E-state index in [9.17, 15) is 18.0 Å². The van der Waals surface area contributed by atoms with Gasteiger partial charge in [-0.25, -0.2) is 4.79 Å². The third-order valence-corrected chi connectivity index (χ3v) is 3.26. The summed E-state index contributed by atoms with van der Waals surface area (Å²) in [7, 11) is 0. The molecule has 0 N–H and O–H groups in total. The molecule has 0 unspecified atom stereocenters. The standard InChI is InChI=1S/C17H10F3NO3/c18-17(19,20)13-7-3-4-8-15(13)24-16(22)12-6-2-1-5-11(12)14-9-10-23-21-14/h1-10H. The molecule has 3 aromatic rings. The van der Waals surface area contributed by atoms with E-state index in [0.717, 1.165) is 12.1 Å². The molecule has 7 heteroatoms. The second-order valence-electron chi connectivity index (χ2n) is 4.81. The molecule has 0 aliphatic heterocycles. The molecule has 4 nitrogen and oxygen atoms in total. The largest absolute Gasteiger partial charge is 0.422 e. The fourth-order valence-corrected chi connectivity index (χ4v) is 2.18. The van der Waals surface area contributed by atoms with Crippen molar-refractivity contribution in [1.29, 1.82) is 0 Å². The Morgan fingerprint density at radius 2 is 1.71 bits per heavy atom. The van der Waals surface area contributed by atoms with Gasteiger partial charge in [-0.1, -0.05) is 35.5 Å². The van der Waals surface area contributed by atoms with Crippen LogP contribution in [0.15, 0.2) is 65.4 Å². The van der Waals surface area contributed by atoms with Crippen molar-refractivity contribution >= 4 is 5.97 Å². The molecule has 122 valence electrons. The summed E-state index contributed by atoms with van der Waals surface area (Å²) in [4.78, 5) is 12.4. The summed E-state index contributed by atoms with van der Waals surface area (Å²) in [5, 5.41) is 3.73. The van der Waals surface area contributed by atoms with Crippen molar-refractivity contribution in [3.05, 3.63) is 72.0 Å². The smallest absolute Gasteiger partial charge is 0.419 e. The zero-order valence-electron chi connectivity index (χ0n) is 12.1. The third-order valence-electron chi connectivity index (χ3n) is 3.26. The van der Waals surface area contributed by atoms with Crippen LogP contribution in [-0.2, 0) is 6.18 Å². The van der Waals surface area contributed by atoms with Gasteiger partial charge in [0.1, 0.15) is 17.7 Å². The van der Waals surface area contributed by atoms with Gasteiger partial charge in [0, 0.05) is 11.6 Å². The number of para-hydroxylation sites is 1. The molecule has 1 aromatic heterocycles. The average Bonchev–Trinajstić information content (AvgIpc) is 3.08. The first kappa shape index (κ1) is 15.8. The van der Waals surface area contributed by atoms with Crippen LogP contribution in [-0.4, -0.2) is 11.1 Å². The van der Waals surface area contributed by atoms with E-state index in [2.05, 4.69) is 5.16 Å². The molecule has 0 atom stereocenters. The second-order valence-corrected chi connectivity index (χ2v) is 4.81. The molecule has 0 radical (unpaired) electrons. The Kier molecular flexibility index (Phi) is 4.07. The number of carbonyl (C=O) groups excluding carboxylic acids is 1. The quantitative estimate of drug-likeness (QED) is 0.520. The van der Waals surface area contributed by atoms with E-state index in [4.69, 9.17) is 9.26 Å². The molecule has 3 rings (SSSR count). The van der Waals surface area contributed by atoms with E-state index in [1.807, 2.05) is 0 Å². The van der Waals surface area contributed by atoms with Crippen LogP contribution >= 0.6 is 0 Å². The molecule has 0 bridgehead atoms. The normalized spacial score (nSPS) is 11.3. The van der Waals surface area contributed by atoms with Crippen molar-refractivity contribution in [3.8, 4) is 17.0 Å². The summed E-state index contributed by atoms with van der Waals surface area (Å²) >= 11 is 0.